The van der Waals surface area contributed by atoms with Gasteiger partial charge in [0.25, 0.3) is 0 Å². The van der Waals surface area contributed by atoms with Crippen LogP contribution in [-0.2, 0) is 37.0 Å². The van der Waals surface area contributed by atoms with E-state index in [0.717, 1.165) is 85.5 Å². The van der Waals surface area contributed by atoms with Gasteiger partial charge in [0.1, 0.15) is 0 Å². The van der Waals surface area contributed by atoms with Gasteiger partial charge in [-0.3, -0.25) is 14.5 Å². The molecule has 252 valence electrons. The summed E-state index contributed by atoms with van der Waals surface area (Å²) in [5, 5.41) is 15.4. The van der Waals surface area contributed by atoms with Gasteiger partial charge < -0.3 is 30.0 Å². The predicted molar refractivity (Wildman–Crippen MR) is 181 cm³/mol. The van der Waals surface area contributed by atoms with Crippen LogP contribution >= 0.6 is 0 Å². The van der Waals surface area contributed by atoms with Crippen molar-refractivity contribution >= 4 is 11.8 Å². The number of carbonyl (C=O) groups excluding carboxylic acids is 2. The highest BCUT2D eigenvalue weighted by Gasteiger charge is 2.39. The van der Waals surface area contributed by atoms with E-state index in [0.29, 0.717) is 19.5 Å². The van der Waals surface area contributed by atoms with E-state index in [1.165, 1.54) is 6.92 Å². The van der Waals surface area contributed by atoms with E-state index in [9.17, 15) is 14.7 Å². The van der Waals surface area contributed by atoms with Crippen molar-refractivity contribution in [3.05, 3.63) is 95.1 Å². The largest absolute Gasteiger partial charge is 0.392 e. The number of amides is 2. The molecule has 3 N–H and O–H groups in total. The Kier molecular flexibility index (Phi) is 12.9. The summed E-state index contributed by atoms with van der Waals surface area (Å²) in [5.41, 5.74) is 6.04. The highest BCUT2D eigenvalue weighted by molar-refractivity contribution is 5.76. The molecule has 4 atom stereocenters. The number of carbonyl (C=O) groups is 2. The van der Waals surface area contributed by atoms with Gasteiger partial charge >= 0.3 is 0 Å². The zero-order chi connectivity index (χ0) is 33.0. The molecular formula is C38H49N3O6. The molecule has 5 rings (SSSR count). The number of rotatable bonds is 14. The average molecular weight is 644 g/mol. The monoisotopic (exact) mass is 643 g/mol. The Morgan fingerprint density at radius 3 is 2.34 bits per heavy atom. The molecule has 47 heavy (non-hydrogen) atoms. The molecule has 4 unspecified atom stereocenters. The van der Waals surface area contributed by atoms with E-state index in [1.807, 2.05) is 30.3 Å². The summed E-state index contributed by atoms with van der Waals surface area (Å²) < 4.78 is 19.0. The number of hydrogen-bond donors (Lipinski definition) is 3. The molecule has 0 aromatic heterocycles. The minimum absolute atomic E-state index is 0.00916. The van der Waals surface area contributed by atoms with Gasteiger partial charge in [0.05, 0.1) is 32.0 Å². The van der Waals surface area contributed by atoms with Crippen molar-refractivity contribution in [1.29, 1.82) is 0 Å². The van der Waals surface area contributed by atoms with Gasteiger partial charge in [-0.25, -0.2) is 0 Å². The number of aliphatic hydroxyl groups is 1. The van der Waals surface area contributed by atoms with E-state index in [1.54, 1.807) is 0 Å². The van der Waals surface area contributed by atoms with Crippen molar-refractivity contribution in [2.24, 2.45) is 5.92 Å². The molecule has 0 saturated carbocycles. The third kappa shape index (κ3) is 10.2. The van der Waals surface area contributed by atoms with Gasteiger partial charge in [-0.1, -0.05) is 74.0 Å². The molecule has 0 bridgehead atoms. The summed E-state index contributed by atoms with van der Waals surface area (Å²) in [6, 6.07) is 24.6. The molecule has 9 nitrogen and oxygen atoms in total. The summed E-state index contributed by atoms with van der Waals surface area (Å²) >= 11 is 0. The Labute approximate surface area is 278 Å². The number of morpholine rings is 1. The maximum Gasteiger partial charge on any atom is 0.220 e. The highest BCUT2D eigenvalue weighted by Crippen LogP contribution is 2.42. The van der Waals surface area contributed by atoms with Crippen molar-refractivity contribution in [3.8, 4) is 11.1 Å². The van der Waals surface area contributed by atoms with Crippen LogP contribution in [0.25, 0.3) is 11.1 Å². The Morgan fingerprint density at radius 2 is 1.60 bits per heavy atom. The molecule has 3 aromatic rings. The van der Waals surface area contributed by atoms with Gasteiger partial charge in [0, 0.05) is 57.5 Å². The maximum atomic E-state index is 12.4. The highest BCUT2D eigenvalue weighted by atomic mass is 16.7. The topological polar surface area (TPSA) is 109 Å². The zero-order valence-electron chi connectivity index (χ0n) is 27.7. The smallest absolute Gasteiger partial charge is 0.220 e. The fourth-order valence-electron chi connectivity index (χ4n) is 6.23. The van der Waals surface area contributed by atoms with E-state index in [2.05, 4.69) is 64.9 Å². The van der Waals surface area contributed by atoms with E-state index < -0.39 is 6.29 Å². The predicted octanol–water partition coefficient (Wildman–Crippen LogP) is 5.28. The second-order valence-electron chi connectivity index (χ2n) is 12.6. The standard InChI is InChI=1S/C38H49N3O6/c1-27-35(25-41-18-20-45-21-19-41)46-38(47-37(27)31-15-13-29(26-42)14-16-31)34-11-7-10-33(23-34)32-9-6-8-30(22-32)24-40-36(44)12-4-3-5-17-39-28(2)43/h6-11,13-16,22-23,27,35,37-38,42H,3-5,12,17-21,24-26H2,1-2H3,(H,39,43)(H,40,44). The zero-order valence-corrected chi connectivity index (χ0v) is 27.7. The number of benzene rings is 3. The average Bonchev–Trinajstić information content (AvgIpc) is 3.10. The number of unbranched alkanes of at least 4 members (excludes halogenated alkanes) is 2. The molecule has 0 aliphatic carbocycles. The van der Waals surface area contributed by atoms with E-state index in [-0.39, 0.29) is 36.5 Å². The van der Waals surface area contributed by atoms with Crippen molar-refractivity contribution in [3.63, 3.8) is 0 Å². The Balaban J connectivity index is 1.25. The Bertz CT molecular complexity index is 1440. The van der Waals surface area contributed by atoms with Crippen LogP contribution in [0.3, 0.4) is 0 Å². The van der Waals surface area contributed by atoms with Gasteiger partial charge in [-0.15, -0.1) is 0 Å². The number of aliphatic hydroxyl groups excluding tert-OH is 1. The van der Waals surface area contributed by atoms with Gasteiger partial charge in [-0.05, 0) is 52.8 Å². The minimum atomic E-state index is -0.541. The molecule has 2 saturated heterocycles. The molecule has 2 fully saturated rings. The van der Waals surface area contributed by atoms with Crippen LogP contribution in [0.1, 0.15) is 74.2 Å². The molecule has 9 heteroatoms. The van der Waals surface area contributed by atoms with Crippen LogP contribution in [0.2, 0.25) is 0 Å². The minimum Gasteiger partial charge on any atom is -0.392 e. The second-order valence-corrected chi connectivity index (χ2v) is 12.6. The number of nitrogens with one attached hydrogen (secondary N) is 2. The maximum absolute atomic E-state index is 12.4. The fourth-order valence-corrected chi connectivity index (χ4v) is 6.23. The molecule has 3 aromatic carbocycles. The molecule has 2 aliphatic heterocycles. The Morgan fingerprint density at radius 1 is 0.851 bits per heavy atom. The number of ether oxygens (including phenoxy) is 3. The first-order chi connectivity index (χ1) is 22.9. The lowest BCUT2D eigenvalue weighted by molar-refractivity contribution is -0.277. The molecular weight excluding hydrogens is 594 g/mol. The molecule has 0 spiro atoms. The van der Waals surface area contributed by atoms with Crippen LogP contribution in [0.5, 0.6) is 0 Å². The molecule has 2 aliphatic rings. The first-order valence-electron chi connectivity index (χ1n) is 16.9. The van der Waals surface area contributed by atoms with Crippen molar-refractivity contribution < 1.29 is 28.9 Å². The van der Waals surface area contributed by atoms with E-state index in [4.69, 9.17) is 14.2 Å². The van der Waals surface area contributed by atoms with Crippen LogP contribution in [-0.4, -0.2) is 67.3 Å². The quantitative estimate of drug-likeness (QED) is 0.205. The summed E-state index contributed by atoms with van der Waals surface area (Å²) in [7, 11) is 0. The van der Waals surface area contributed by atoms with Crippen LogP contribution in [0, 0.1) is 5.92 Å². The Hall–Kier alpha value is -3.60. The molecule has 2 amide bonds. The number of nitrogens with zero attached hydrogens (tertiary/aromatic N) is 1. The first-order valence-corrected chi connectivity index (χ1v) is 16.9. The fraction of sp³-hybridized carbons (Fsp3) is 0.474. The molecule has 0 radical (unpaired) electrons. The van der Waals surface area contributed by atoms with Crippen LogP contribution in [0.15, 0.2) is 72.8 Å². The first kappa shape index (κ1) is 34.7. The van der Waals surface area contributed by atoms with Crippen LogP contribution < -0.4 is 10.6 Å². The summed E-state index contributed by atoms with van der Waals surface area (Å²) in [4.78, 5) is 25.8. The molecule has 2 heterocycles. The van der Waals surface area contributed by atoms with Gasteiger partial charge in [0.2, 0.25) is 11.8 Å². The van der Waals surface area contributed by atoms with E-state index >= 15 is 0 Å². The lowest BCUT2D eigenvalue weighted by Crippen LogP contribution is -2.47. The van der Waals surface area contributed by atoms with Gasteiger partial charge in [-0.2, -0.15) is 0 Å². The van der Waals surface area contributed by atoms with Crippen molar-refractivity contribution in [2.45, 2.75) is 71.2 Å². The third-order valence-corrected chi connectivity index (χ3v) is 9.03. The third-order valence-electron chi connectivity index (χ3n) is 9.03. The van der Waals surface area contributed by atoms with Crippen molar-refractivity contribution in [1.82, 2.24) is 15.5 Å². The lowest BCUT2D eigenvalue weighted by atomic mass is 9.89. The normalized spacial score (nSPS) is 21.7. The van der Waals surface area contributed by atoms with Crippen molar-refractivity contribution in [2.75, 3.05) is 39.4 Å². The summed E-state index contributed by atoms with van der Waals surface area (Å²) in [6.07, 6.45) is 2.29. The summed E-state index contributed by atoms with van der Waals surface area (Å²) in [5.74, 6) is 0.128. The lowest BCUT2D eigenvalue weighted by Gasteiger charge is -2.43. The van der Waals surface area contributed by atoms with Gasteiger partial charge in [0.15, 0.2) is 6.29 Å². The van der Waals surface area contributed by atoms with Crippen LogP contribution in [0.4, 0.5) is 0 Å². The second kappa shape index (κ2) is 17.5. The SMILES string of the molecule is CC(=O)NCCCCCC(=O)NCc1cccc(-c2cccc(C3OC(CN4CCOCC4)C(C)C(c4ccc(CO)cc4)O3)c2)c1. The number of hydrogen-bond acceptors (Lipinski definition) is 7. The summed E-state index contributed by atoms with van der Waals surface area (Å²) in [6.45, 7) is 8.88.